The maximum atomic E-state index is 5.57. The lowest BCUT2D eigenvalue weighted by Gasteiger charge is -2.20. The van der Waals surface area contributed by atoms with Crippen molar-refractivity contribution in [1.29, 1.82) is 0 Å². The highest BCUT2D eigenvalue weighted by Crippen LogP contribution is 2.34. The lowest BCUT2D eigenvalue weighted by Crippen LogP contribution is -2.22. The molecule has 5 nitrogen and oxygen atoms in total. The van der Waals surface area contributed by atoms with Crippen LogP contribution in [0, 0.1) is 6.92 Å². The van der Waals surface area contributed by atoms with Crippen molar-refractivity contribution in [1.82, 2.24) is 20.0 Å². The number of aryl methyl sites for hydroxylation is 1. The number of hydrogen-bond acceptors (Lipinski definition) is 6. The van der Waals surface area contributed by atoms with Gasteiger partial charge >= 0.3 is 0 Å². The lowest BCUT2D eigenvalue weighted by molar-refractivity contribution is 0.202. The van der Waals surface area contributed by atoms with Crippen LogP contribution in [0.1, 0.15) is 35.3 Å². The van der Waals surface area contributed by atoms with Crippen molar-refractivity contribution in [3.8, 4) is 11.4 Å². The van der Waals surface area contributed by atoms with Crippen molar-refractivity contribution in [2.24, 2.45) is 0 Å². The van der Waals surface area contributed by atoms with Gasteiger partial charge in [-0.15, -0.1) is 11.3 Å². The summed E-state index contributed by atoms with van der Waals surface area (Å²) in [4.78, 5) is 12.7. The average molecular weight is 326 g/mol. The number of thiazole rings is 1. The monoisotopic (exact) mass is 326 g/mol. The number of nitrogens with zero attached hydrogens (tertiary/aromatic N) is 4. The summed E-state index contributed by atoms with van der Waals surface area (Å²) in [5, 5.41) is 4.16. The second-order valence-electron chi connectivity index (χ2n) is 5.81. The zero-order valence-electron chi connectivity index (χ0n) is 13.0. The van der Waals surface area contributed by atoms with Gasteiger partial charge in [0.1, 0.15) is 0 Å². The molecule has 4 rings (SSSR count). The van der Waals surface area contributed by atoms with Crippen LogP contribution in [0.2, 0.25) is 0 Å². The number of hydrogen-bond donors (Lipinski definition) is 0. The fraction of sp³-hybridized carbons (Fsp3) is 0.353. The highest BCUT2D eigenvalue weighted by atomic mass is 32.1. The van der Waals surface area contributed by atoms with Crippen molar-refractivity contribution in [3.05, 3.63) is 52.3 Å². The quantitative estimate of drug-likeness (QED) is 0.729. The molecule has 0 saturated carbocycles. The van der Waals surface area contributed by atoms with E-state index in [0.717, 1.165) is 43.1 Å². The molecule has 3 aromatic rings. The second-order valence-corrected chi connectivity index (χ2v) is 6.75. The van der Waals surface area contributed by atoms with Crippen molar-refractivity contribution in [2.45, 2.75) is 32.4 Å². The fourth-order valence-electron chi connectivity index (χ4n) is 3.03. The van der Waals surface area contributed by atoms with Gasteiger partial charge in [0.05, 0.1) is 17.2 Å². The van der Waals surface area contributed by atoms with Gasteiger partial charge in [-0.2, -0.15) is 4.98 Å². The Hall–Kier alpha value is -2.05. The molecule has 0 N–H and O–H groups in total. The van der Waals surface area contributed by atoms with Crippen molar-refractivity contribution in [3.63, 3.8) is 0 Å². The minimum Gasteiger partial charge on any atom is -0.337 e. The topological polar surface area (TPSA) is 55.1 Å². The number of aromatic nitrogens is 3. The number of likely N-dealkylation sites (tertiary alicyclic amines) is 1. The third-order valence-electron chi connectivity index (χ3n) is 4.31. The van der Waals surface area contributed by atoms with Crippen LogP contribution in [0.15, 0.2) is 40.4 Å². The molecule has 0 unspecified atom stereocenters. The Morgan fingerprint density at radius 2 is 2.17 bits per heavy atom. The van der Waals surface area contributed by atoms with E-state index in [1.54, 1.807) is 11.3 Å². The first-order valence-electron chi connectivity index (χ1n) is 7.83. The van der Waals surface area contributed by atoms with Crippen LogP contribution in [0.5, 0.6) is 0 Å². The maximum Gasteiger partial charge on any atom is 0.244 e. The van der Waals surface area contributed by atoms with Crippen molar-refractivity contribution >= 4 is 11.3 Å². The van der Waals surface area contributed by atoms with Gasteiger partial charge in [0.25, 0.3) is 0 Å². The summed E-state index contributed by atoms with van der Waals surface area (Å²) in [6, 6.07) is 10.2. The van der Waals surface area contributed by atoms with E-state index in [9.17, 15) is 0 Å². The molecular weight excluding hydrogens is 308 g/mol. The summed E-state index contributed by atoms with van der Waals surface area (Å²) in [7, 11) is 0. The molecule has 2 aromatic heterocycles. The normalized spacial score (nSPS) is 18.6. The minimum absolute atomic E-state index is 0.210. The smallest absolute Gasteiger partial charge is 0.244 e. The minimum atomic E-state index is 0.210. The Bertz CT molecular complexity index is 783. The molecule has 1 atom stereocenters. The van der Waals surface area contributed by atoms with Gasteiger partial charge in [0.15, 0.2) is 0 Å². The van der Waals surface area contributed by atoms with E-state index in [-0.39, 0.29) is 6.04 Å². The van der Waals surface area contributed by atoms with Gasteiger partial charge in [-0.3, -0.25) is 4.90 Å². The van der Waals surface area contributed by atoms with Crippen LogP contribution >= 0.6 is 11.3 Å². The average Bonchev–Trinajstić information content (AvgIpc) is 3.30. The van der Waals surface area contributed by atoms with Crippen molar-refractivity contribution < 1.29 is 4.52 Å². The maximum absolute atomic E-state index is 5.57. The zero-order valence-corrected chi connectivity index (χ0v) is 13.8. The molecule has 1 aliphatic rings. The Balaban J connectivity index is 1.55. The molecule has 0 aliphatic carbocycles. The molecule has 1 aromatic carbocycles. The van der Waals surface area contributed by atoms with E-state index in [0.29, 0.717) is 5.82 Å². The van der Waals surface area contributed by atoms with E-state index in [4.69, 9.17) is 4.52 Å². The molecule has 1 fully saturated rings. The van der Waals surface area contributed by atoms with Crippen LogP contribution in [-0.4, -0.2) is 26.6 Å². The van der Waals surface area contributed by atoms with Gasteiger partial charge in [-0.1, -0.05) is 35.5 Å². The lowest BCUT2D eigenvalue weighted by atomic mass is 10.2. The third-order valence-corrected chi connectivity index (χ3v) is 5.23. The summed E-state index contributed by atoms with van der Waals surface area (Å²) in [6.07, 6.45) is 2.22. The summed E-state index contributed by atoms with van der Waals surface area (Å²) in [5.41, 5.74) is 4.03. The van der Waals surface area contributed by atoms with Crippen molar-refractivity contribution in [2.75, 3.05) is 6.54 Å². The standard InChI is InChI=1S/C17H18N4OS/c1-12-15(23-11-18-12)10-21-9-5-8-14(21)17-19-16(20-22-17)13-6-3-2-4-7-13/h2-4,6-7,11,14H,5,8-10H2,1H3/t14-/m1/s1. The first kappa shape index (κ1) is 14.5. The van der Waals surface area contributed by atoms with Crippen LogP contribution in [0.3, 0.4) is 0 Å². The van der Waals surface area contributed by atoms with E-state index < -0.39 is 0 Å². The molecule has 3 heterocycles. The van der Waals surface area contributed by atoms with Crippen LogP contribution < -0.4 is 0 Å². The summed E-state index contributed by atoms with van der Waals surface area (Å²) < 4.78 is 5.57. The molecule has 118 valence electrons. The van der Waals surface area contributed by atoms with Gasteiger partial charge in [0.2, 0.25) is 11.7 Å². The highest BCUT2D eigenvalue weighted by molar-refractivity contribution is 7.09. The summed E-state index contributed by atoms with van der Waals surface area (Å²) in [6.45, 7) is 4.03. The van der Waals surface area contributed by atoms with Crippen LogP contribution in [-0.2, 0) is 6.54 Å². The van der Waals surface area contributed by atoms with Crippen LogP contribution in [0.25, 0.3) is 11.4 Å². The molecular formula is C17H18N4OS. The Morgan fingerprint density at radius 1 is 1.30 bits per heavy atom. The SMILES string of the molecule is Cc1ncsc1CN1CCC[C@@H]1c1nc(-c2ccccc2)no1. The predicted octanol–water partition coefficient (Wildman–Crippen LogP) is 3.84. The largest absolute Gasteiger partial charge is 0.337 e. The second kappa shape index (κ2) is 6.22. The molecule has 1 saturated heterocycles. The number of rotatable bonds is 4. The molecule has 1 aliphatic heterocycles. The summed E-state index contributed by atoms with van der Waals surface area (Å²) in [5.74, 6) is 1.39. The molecule has 0 spiro atoms. The van der Waals surface area contributed by atoms with Gasteiger partial charge in [-0.05, 0) is 26.3 Å². The van der Waals surface area contributed by atoms with E-state index in [1.165, 1.54) is 4.88 Å². The molecule has 0 bridgehead atoms. The predicted molar refractivity (Wildman–Crippen MR) is 89.0 cm³/mol. The fourth-order valence-corrected chi connectivity index (χ4v) is 3.83. The van der Waals surface area contributed by atoms with Gasteiger partial charge in [-0.25, -0.2) is 4.98 Å². The number of benzene rings is 1. The Kier molecular flexibility index (Phi) is 3.93. The van der Waals surface area contributed by atoms with E-state index in [1.807, 2.05) is 35.8 Å². The molecule has 0 amide bonds. The first-order chi connectivity index (χ1) is 11.3. The Labute approximate surface area is 139 Å². The highest BCUT2D eigenvalue weighted by Gasteiger charge is 2.31. The van der Waals surface area contributed by atoms with Gasteiger partial charge in [0, 0.05) is 17.0 Å². The molecule has 6 heteroatoms. The van der Waals surface area contributed by atoms with Gasteiger partial charge < -0.3 is 4.52 Å². The summed E-state index contributed by atoms with van der Waals surface area (Å²) >= 11 is 1.72. The van der Waals surface area contributed by atoms with Crippen LogP contribution in [0.4, 0.5) is 0 Å². The van der Waals surface area contributed by atoms with E-state index in [2.05, 4.69) is 26.9 Å². The van der Waals surface area contributed by atoms with E-state index >= 15 is 0 Å². The Morgan fingerprint density at radius 3 is 2.96 bits per heavy atom. The molecule has 0 radical (unpaired) electrons. The first-order valence-corrected chi connectivity index (χ1v) is 8.71. The zero-order chi connectivity index (χ0) is 15.6. The third kappa shape index (κ3) is 2.92. The molecule has 23 heavy (non-hydrogen) atoms.